The van der Waals surface area contributed by atoms with E-state index in [1.54, 1.807) is 19.2 Å². The summed E-state index contributed by atoms with van der Waals surface area (Å²) in [6, 6.07) is 7.29. The lowest BCUT2D eigenvalue weighted by Crippen LogP contribution is -2.35. The third kappa shape index (κ3) is 6.31. The first-order valence-corrected chi connectivity index (χ1v) is 6.38. The van der Waals surface area contributed by atoms with E-state index in [-0.39, 0.29) is 18.9 Å². The summed E-state index contributed by atoms with van der Waals surface area (Å²) in [7, 11) is 1.57. The van der Waals surface area contributed by atoms with E-state index >= 15 is 0 Å². The van der Waals surface area contributed by atoms with Gasteiger partial charge in [0, 0.05) is 20.2 Å². The van der Waals surface area contributed by atoms with Crippen LogP contribution in [0.4, 0.5) is 0 Å². The number of carboxylic acids is 1. The van der Waals surface area contributed by atoms with Gasteiger partial charge in [0.2, 0.25) is 5.91 Å². The van der Waals surface area contributed by atoms with Crippen molar-refractivity contribution in [1.82, 2.24) is 10.6 Å². The molecule has 3 N–H and O–H groups in total. The molecule has 1 aromatic rings. The second-order valence-corrected chi connectivity index (χ2v) is 4.29. The average molecular weight is 280 g/mol. The molecule has 1 aromatic carbocycles. The maximum atomic E-state index is 11.4. The number of amides is 1. The molecule has 0 atom stereocenters. The van der Waals surface area contributed by atoms with E-state index in [2.05, 4.69) is 10.6 Å². The number of hydrogen-bond acceptors (Lipinski definition) is 4. The standard InChI is InChI=1S/C14H20N2O4/c1-20-7-6-16-13(17)10-15-9-12-5-3-2-4-11(12)8-14(18)19/h2-5,15H,6-10H2,1H3,(H,16,17)(H,18,19). The van der Waals surface area contributed by atoms with E-state index in [0.29, 0.717) is 19.7 Å². The molecule has 0 aromatic heterocycles. The number of carbonyl (C=O) groups is 2. The number of hydrogen-bond donors (Lipinski definition) is 3. The average Bonchev–Trinajstić information content (AvgIpc) is 2.40. The van der Waals surface area contributed by atoms with Crippen molar-refractivity contribution in [2.75, 3.05) is 26.8 Å². The van der Waals surface area contributed by atoms with Crippen molar-refractivity contribution in [3.63, 3.8) is 0 Å². The predicted octanol–water partition coefficient (Wildman–Crippen LogP) is 0.166. The second kappa shape index (κ2) is 9.06. The Morgan fingerprint density at radius 1 is 1.25 bits per heavy atom. The Kier molecular flexibility index (Phi) is 7.31. The first-order chi connectivity index (χ1) is 9.63. The van der Waals surface area contributed by atoms with Crippen LogP contribution in [0.25, 0.3) is 0 Å². The molecule has 0 saturated heterocycles. The zero-order valence-electron chi connectivity index (χ0n) is 11.5. The molecule has 6 heteroatoms. The van der Waals surface area contributed by atoms with Crippen molar-refractivity contribution in [2.24, 2.45) is 0 Å². The number of nitrogens with one attached hydrogen (secondary N) is 2. The molecule has 20 heavy (non-hydrogen) atoms. The molecular formula is C14H20N2O4. The van der Waals surface area contributed by atoms with Crippen LogP contribution in [0.5, 0.6) is 0 Å². The Morgan fingerprint density at radius 2 is 1.95 bits per heavy atom. The Hall–Kier alpha value is -1.92. The van der Waals surface area contributed by atoms with Gasteiger partial charge in [-0.1, -0.05) is 24.3 Å². The first kappa shape index (κ1) is 16.1. The van der Waals surface area contributed by atoms with Gasteiger partial charge in [-0.05, 0) is 11.1 Å². The Labute approximate surface area is 118 Å². The van der Waals surface area contributed by atoms with Crippen molar-refractivity contribution in [2.45, 2.75) is 13.0 Å². The lowest BCUT2D eigenvalue weighted by atomic mass is 10.0. The van der Waals surface area contributed by atoms with E-state index in [9.17, 15) is 9.59 Å². The van der Waals surface area contributed by atoms with Crippen molar-refractivity contribution < 1.29 is 19.4 Å². The normalized spacial score (nSPS) is 10.2. The summed E-state index contributed by atoms with van der Waals surface area (Å²) in [6.45, 7) is 1.60. The summed E-state index contributed by atoms with van der Waals surface area (Å²) in [6.07, 6.45) is -0.0160. The first-order valence-electron chi connectivity index (χ1n) is 6.38. The summed E-state index contributed by atoms with van der Waals surface area (Å²) < 4.78 is 4.83. The van der Waals surface area contributed by atoms with Crippen molar-refractivity contribution in [3.8, 4) is 0 Å². The van der Waals surface area contributed by atoms with Gasteiger partial charge in [0.15, 0.2) is 0 Å². The van der Waals surface area contributed by atoms with Crippen LogP contribution >= 0.6 is 0 Å². The van der Waals surface area contributed by atoms with Crippen molar-refractivity contribution in [1.29, 1.82) is 0 Å². The fourth-order valence-corrected chi connectivity index (χ4v) is 1.73. The maximum Gasteiger partial charge on any atom is 0.307 e. The number of aliphatic carboxylic acids is 1. The summed E-state index contributed by atoms with van der Waals surface area (Å²) in [5.74, 6) is -0.979. The summed E-state index contributed by atoms with van der Waals surface area (Å²) in [5, 5.41) is 14.5. The van der Waals surface area contributed by atoms with Gasteiger partial charge in [0.25, 0.3) is 0 Å². The Bertz CT molecular complexity index is 449. The van der Waals surface area contributed by atoms with E-state index in [1.165, 1.54) is 0 Å². The highest BCUT2D eigenvalue weighted by Crippen LogP contribution is 2.09. The largest absolute Gasteiger partial charge is 0.481 e. The zero-order valence-corrected chi connectivity index (χ0v) is 11.5. The fourth-order valence-electron chi connectivity index (χ4n) is 1.73. The van der Waals surface area contributed by atoms with Gasteiger partial charge in [-0.2, -0.15) is 0 Å². The van der Waals surface area contributed by atoms with Crippen LogP contribution in [0.15, 0.2) is 24.3 Å². The van der Waals surface area contributed by atoms with Gasteiger partial charge in [-0.25, -0.2) is 0 Å². The van der Waals surface area contributed by atoms with Crippen molar-refractivity contribution >= 4 is 11.9 Å². The highest BCUT2D eigenvalue weighted by Gasteiger charge is 2.06. The minimum absolute atomic E-state index is 0.0160. The molecule has 6 nitrogen and oxygen atoms in total. The number of carbonyl (C=O) groups excluding carboxylic acids is 1. The maximum absolute atomic E-state index is 11.4. The topological polar surface area (TPSA) is 87.7 Å². The third-order valence-corrected chi connectivity index (χ3v) is 2.69. The molecule has 0 saturated carbocycles. The molecular weight excluding hydrogens is 260 g/mol. The van der Waals surface area contributed by atoms with Crippen LogP contribution in [-0.2, 0) is 27.3 Å². The lowest BCUT2D eigenvalue weighted by molar-refractivity contribution is -0.136. The van der Waals surface area contributed by atoms with Crippen LogP contribution in [-0.4, -0.2) is 43.8 Å². The van der Waals surface area contributed by atoms with Crippen LogP contribution in [0.2, 0.25) is 0 Å². The lowest BCUT2D eigenvalue weighted by Gasteiger charge is -2.09. The number of rotatable bonds is 9. The minimum atomic E-state index is -0.866. The number of ether oxygens (including phenoxy) is 1. The van der Waals surface area contributed by atoms with Gasteiger partial charge >= 0.3 is 5.97 Å². The molecule has 1 rings (SSSR count). The highest BCUT2D eigenvalue weighted by molar-refractivity contribution is 5.78. The van der Waals surface area contributed by atoms with E-state index < -0.39 is 5.97 Å². The van der Waals surface area contributed by atoms with Gasteiger partial charge < -0.3 is 20.5 Å². The molecule has 0 aliphatic heterocycles. The minimum Gasteiger partial charge on any atom is -0.481 e. The quantitative estimate of drug-likeness (QED) is 0.561. The number of carboxylic acid groups (broad SMARTS) is 1. The Morgan fingerprint density at radius 3 is 2.60 bits per heavy atom. The summed E-state index contributed by atoms with van der Waals surface area (Å²) >= 11 is 0. The molecule has 0 radical (unpaired) electrons. The second-order valence-electron chi connectivity index (χ2n) is 4.29. The van der Waals surface area contributed by atoms with Crippen LogP contribution < -0.4 is 10.6 Å². The number of methoxy groups -OCH3 is 1. The molecule has 110 valence electrons. The van der Waals surface area contributed by atoms with Crippen LogP contribution in [0.1, 0.15) is 11.1 Å². The van der Waals surface area contributed by atoms with E-state index in [0.717, 1.165) is 11.1 Å². The molecule has 0 bridgehead atoms. The summed E-state index contributed by atoms with van der Waals surface area (Å²) in [5.41, 5.74) is 1.65. The predicted molar refractivity (Wildman–Crippen MR) is 74.4 cm³/mol. The van der Waals surface area contributed by atoms with Crippen LogP contribution in [0, 0.1) is 0 Å². The van der Waals surface area contributed by atoms with Gasteiger partial charge in [0.05, 0.1) is 19.6 Å². The van der Waals surface area contributed by atoms with Gasteiger partial charge in [-0.15, -0.1) is 0 Å². The molecule has 0 aliphatic carbocycles. The monoisotopic (exact) mass is 280 g/mol. The molecule has 1 amide bonds. The summed E-state index contributed by atoms with van der Waals surface area (Å²) in [4.78, 5) is 22.2. The Balaban J connectivity index is 2.38. The van der Waals surface area contributed by atoms with Crippen LogP contribution in [0.3, 0.4) is 0 Å². The molecule has 0 unspecified atom stereocenters. The van der Waals surface area contributed by atoms with Crippen molar-refractivity contribution in [3.05, 3.63) is 35.4 Å². The zero-order chi connectivity index (χ0) is 14.8. The van der Waals surface area contributed by atoms with E-state index in [4.69, 9.17) is 9.84 Å². The molecule has 0 heterocycles. The third-order valence-electron chi connectivity index (χ3n) is 2.69. The fraction of sp³-hybridized carbons (Fsp3) is 0.429. The number of benzene rings is 1. The van der Waals surface area contributed by atoms with E-state index in [1.807, 2.05) is 12.1 Å². The smallest absolute Gasteiger partial charge is 0.307 e. The highest BCUT2D eigenvalue weighted by atomic mass is 16.5. The molecule has 0 spiro atoms. The SMILES string of the molecule is COCCNC(=O)CNCc1ccccc1CC(=O)O. The molecule has 0 fully saturated rings. The van der Waals surface area contributed by atoms with Gasteiger partial charge in [0.1, 0.15) is 0 Å². The van der Waals surface area contributed by atoms with Gasteiger partial charge in [-0.3, -0.25) is 9.59 Å². The molecule has 0 aliphatic rings.